The first-order chi connectivity index (χ1) is 16.0. The van der Waals surface area contributed by atoms with Crippen molar-refractivity contribution >= 4 is 5.97 Å². The number of ether oxygens (including phenoxy) is 4. The topological polar surface area (TPSA) is 74.2 Å². The Balaban J connectivity index is 1.72. The van der Waals surface area contributed by atoms with Crippen LogP contribution < -0.4 is 18.9 Å². The third kappa shape index (κ3) is 6.19. The molecule has 0 aliphatic heterocycles. The van der Waals surface area contributed by atoms with E-state index in [2.05, 4.69) is 18.2 Å². The van der Waals surface area contributed by atoms with Gasteiger partial charge in [0, 0.05) is 0 Å². The maximum Gasteiger partial charge on any atom is 0.335 e. The van der Waals surface area contributed by atoms with Crippen LogP contribution in [0.3, 0.4) is 0 Å². The molecule has 6 heteroatoms. The van der Waals surface area contributed by atoms with Crippen LogP contribution in [0.25, 0.3) is 0 Å². The standard InChI is InChI=1S/C27H30O6/c1-30-23-14-19(6-5-18-9-11-22(12-10-18)27(28)29)13-20(15-23)7-8-21-16-24(31-2)26(33-4)25(17-21)32-3/h9-17H,5-8H2,1-4H3,(H,28,29). The van der Waals surface area contributed by atoms with E-state index in [1.54, 1.807) is 40.6 Å². The van der Waals surface area contributed by atoms with E-state index in [9.17, 15) is 4.79 Å². The van der Waals surface area contributed by atoms with Gasteiger partial charge in [-0.2, -0.15) is 0 Å². The summed E-state index contributed by atoms with van der Waals surface area (Å²) < 4.78 is 21.9. The van der Waals surface area contributed by atoms with Crippen LogP contribution in [0.4, 0.5) is 0 Å². The second kappa shape index (κ2) is 11.3. The summed E-state index contributed by atoms with van der Waals surface area (Å²) >= 11 is 0. The molecule has 3 rings (SSSR count). The van der Waals surface area contributed by atoms with Crippen molar-refractivity contribution in [2.24, 2.45) is 0 Å². The Hall–Kier alpha value is -3.67. The van der Waals surface area contributed by atoms with Crippen LogP contribution in [0.1, 0.15) is 32.6 Å². The van der Waals surface area contributed by atoms with Crippen molar-refractivity contribution in [3.05, 3.63) is 82.4 Å². The first-order valence-electron chi connectivity index (χ1n) is 10.7. The van der Waals surface area contributed by atoms with Gasteiger partial charge in [0.15, 0.2) is 11.5 Å². The second-order valence-electron chi connectivity index (χ2n) is 7.72. The lowest BCUT2D eigenvalue weighted by Gasteiger charge is -2.14. The molecule has 0 atom stereocenters. The predicted octanol–water partition coefficient (Wildman–Crippen LogP) is 4.99. The molecule has 174 valence electrons. The van der Waals surface area contributed by atoms with Crippen LogP contribution in [0.5, 0.6) is 23.0 Å². The second-order valence-corrected chi connectivity index (χ2v) is 7.72. The van der Waals surface area contributed by atoms with Gasteiger partial charge in [-0.1, -0.05) is 18.2 Å². The molecule has 0 saturated carbocycles. The number of carboxylic acids is 1. The summed E-state index contributed by atoms with van der Waals surface area (Å²) in [5.41, 5.74) is 4.85. The smallest absolute Gasteiger partial charge is 0.335 e. The van der Waals surface area contributed by atoms with Crippen molar-refractivity contribution in [1.82, 2.24) is 0 Å². The Labute approximate surface area is 194 Å². The molecule has 3 aromatic rings. The van der Waals surface area contributed by atoms with Crippen LogP contribution in [0.2, 0.25) is 0 Å². The molecule has 0 radical (unpaired) electrons. The zero-order chi connectivity index (χ0) is 23.8. The molecule has 1 N–H and O–H groups in total. The summed E-state index contributed by atoms with van der Waals surface area (Å²) in [5, 5.41) is 9.06. The highest BCUT2D eigenvalue weighted by atomic mass is 16.5. The number of methoxy groups -OCH3 is 4. The first-order valence-corrected chi connectivity index (χ1v) is 10.7. The molecule has 6 nitrogen and oxygen atoms in total. The van der Waals surface area contributed by atoms with Gasteiger partial charge < -0.3 is 24.1 Å². The van der Waals surface area contributed by atoms with Crippen molar-refractivity contribution in [3.63, 3.8) is 0 Å². The zero-order valence-corrected chi connectivity index (χ0v) is 19.5. The fourth-order valence-corrected chi connectivity index (χ4v) is 3.81. The SMILES string of the molecule is COc1cc(CCc2ccc(C(=O)O)cc2)cc(CCc2cc(OC)c(OC)c(OC)c2)c1. The number of aryl methyl sites for hydroxylation is 4. The third-order valence-electron chi connectivity index (χ3n) is 5.59. The highest BCUT2D eigenvalue weighted by Crippen LogP contribution is 2.38. The molecule has 0 aromatic heterocycles. The van der Waals surface area contributed by atoms with E-state index >= 15 is 0 Å². The molecule has 0 heterocycles. The molecular weight excluding hydrogens is 420 g/mol. The number of carboxylic acid groups (broad SMARTS) is 1. The average Bonchev–Trinajstić information content (AvgIpc) is 2.85. The van der Waals surface area contributed by atoms with Gasteiger partial charge >= 0.3 is 5.97 Å². The van der Waals surface area contributed by atoms with Crippen LogP contribution in [0.15, 0.2) is 54.6 Å². The summed E-state index contributed by atoms with van der Waals surface area (Å²) in [5.74, 6) is 1.79. The Morgan fingerprint density at radius 3 is 1.55 bits per heavy atom. The van der Waals surface area contributed by atoms with Gasteiger partial charge in [-0.15, -0.1) is 0 Å². The molecule has 0 spiro atoms. The maximum atomic E-state index is 11.0. The lowest BCUT2D eigenvalue weighted by molar-refractivity contribution is 0.0697. The van der Waals surface area contributed by atoms with Crippen LogP contribution in [-0.2, 0) is 25.7 Å². The van der Waals surface area contributed by atoms with Gasteiger partial charge in [0.25, 0.3) is 0 Å². The van der Waals surface area contributed by atoms with E-state index in [4.69, 9.17) is 24.1 Å². The van der Waals surface area contributed by atoms with E-state index in [0.29, 0.717) is 22.8 Å². The van der Waals surface area contributed by atoms with Gasteiger partial charge in [0.1, 0.15) is 5.75 Å². The summed E-state index contributed by atoms with van der Waals surface area (Å²) in [6, 6.07) is 17.3. The van der Waals surface area contributed by atoms with Crippen LogP contribution in [0, 0.1) is 0 Å². The van der Waals surface area contributed by atoms with E-state index in [1.165, 1.54) is 11.1 Å². The summed E-state index contributed by atoms with van der Waals surface area (Å²) in [6.45, 7) is 0. The van der Waals surface area contributed by atoms with E-state index < -0.39 is 5.97 Å². The van der Waals surface area contributed by atoms with Crippen molar-refractivity contribution in [2.45, 2.75) is 25.7 Å². The molecule has 33 heavy (non-hydrogen) atoms. The maximum absolute atomic E-state index is 11.0. The molecule has 0 amide bonds. The van der Waals surface area contributed by atoms with Crippen LogP contribution >= 0.6 is 0 Å². The van der Waals surface area contributed by atoms with Gasteiger partial charge in [-0.25, -0.2) is 4.79 Å². The Bertz CT molecular complexity index is 1060. The van der Waals surface area contributed by atoms with E-state index in [0.717, 1.165) is 42.6 Å². The van der Waals surface area contributed by atoms with Gasteiger partial charge in [-0.3, -0.25) is 0 Å². The monoisotopic (exact) mass is 450 g/mol. The molecule has 0 unspecified atom stereocenters. The van der Waals surface area contributed by atoms with Crippen molar-refractivity contribution in [3.8, 4) is 23.0 Å². The number of hydrogen-bond donors (Lipinski definition) is 1. The molecule has 0 aliphatic carbocycles. The number of carbonyl (C=O) groups is 1. The minimum atomic E-state index is -0.911. The van der Waals surface area contributed by atoms with E-state index in [1.807, 2.05) is 24.3 Å². The van der Waals surface area contributed by atoms with Crippen molar-refractivity contribution in [2.75, 3.05) is 28.4 Å². The van der Waals surface area contributed by atoms with Gasteiger partial charge in [0.2, 0.25) is 5.75 Å². The van der Waals surface area contributed by atoms with Gasteiger partial charge in [0.05, 0.1) is 34.0 Å². The lowest BCUT2D eigenvalue weighted by atomic mass is 9.98. The number of hydrogen-bond acceptors (Lipinski definition) is 5. The fourth-order valence-electron chi connectivity index (χ4n) is 3.81. The first kappa shape index (κ1) is 24.0. The Morgan fingerprint density at radius 2 is 1.12 bits per heavy atom. The fraction of sp³-hybridized carbons (Fsp3) is 0.296. The Morgan fingerprint density at radius 1 is 0.636 bits per heavy atom. The van der Waals surface area contributed by atoms with Crippen LogP contribution in [-0.4, -0.2) is 39.5 Å². The molecule has 0 bridgehead atoms. The number of rotatable bonds is 11. The van der Waals surface area contributed by atoms with Gasteiger partial charge in [-0.05, 0) is 84.3 Å². The number of benzene rings is 3. The average molecular weight is 451 g/mol. The quantitative estimate of drug-likeness (QED) is 0.444. The minimum absolute atomic E-state index is 0.300. The third-order valence-corrected chi connectivity index (χ3v) is 5.59. The molecule has 0 fully saturated rings. The molecular formula is C27H30O6. The van der Waals surface area contributed by atoms with Crippen molar-refractivity contribution in [1.29, 1.82) is 0 Å². The summed E-state index contributed by atoms with van der Waals surface area (Å²) in [6.07, 6.45) is 3.29. The normalized spacial score (nSPS) is 10.5. The molecule has 0 aliphatic rings. The Kier molecular flexibility index (Phi) is 8.19. The minimum Gasteiger partial charge on any atom is -0.497 e. The molecule has 3 aromatic carbocycles. The zero-order valence-electron chi connectivity index (χ0n) is 19.5. The lowest BCUT2D eigenvalue weighted by Crippen LogP contribution is -2.00. The summed E-state index contributed by atoms with van der Waals surface area (Å²) in [4.78, 5) is 11.0. The van der Waals surface area contributed by atoms with Crippen molar-refractivity contribution < 1.29 is 28.8 Å². The highest BCUT2D eigenvalue weighted by molar-refractivity contribution is 5.87. The predicted molar refractivity (Wildman–Crippen MR) is 127 cm³/mol. The van der Waals surface area contributed by atoms with E-state index in [-0.39, 0.29) is 0 Å². The molecule has 0 saturated heterocycles. The number of aromatic carboxylic acids is 1. The summed E-state index contributed by atoms with van der Waals surface area (Å²) in [7, 11) is 6.50. The highest BCUT2D eigenvalue weighted by Gasteiger charge is 2.13. The largest absolute Gasteiger partial charge is 0.497 e.